The number of nitrogen functional groups attached to an aromatic ring is 1. The summed E-state index contributed by atoms with van der Waals surface area (Å²) < 4.78 is 0. The first-order valence-corrected chi connectivity index (χ1v) is 12.0. The summed E-state index contributed by atoms with van der Waals surface area (Å²) in [7, 11) is 0. The summed E-state index contributed by atoms with van der Waals surface area (Å²) in [4.78, 5) is 51.2. The Bertz CT molecular complexity index is 1320. The molecule has 2 aliphatic heterocycles. The van der Waals surface area contributed by atoms with Crippen molar-refractivity contribution in [3.63, 3.8) is 0 Å². The van der Waals surface area contributed by atoms with E-state index in [1.165, 1.54) is 6.08 Å². The van der Waals surface area contributed by atoms with Crippen molar-refractivity contribution in [2.75, 3.05) is 11.1 Å². The van der Waals surface area contributed by atoms with Crippen LogP contribution in [0.1, 0.15) is 36.0 Å². The standard InChI is InChI=1S/C27H27ClN4O4/c1-15-3-5-18(12-22(15)28)11-21(33)7-6-17-9-19(29)13-20(10-17)31-23-14-25(34)32(27(23)36)24-8-4-16(2)30-26(24)35/h3,5,9-10,12-14,24,31H,2,4,6-8,11,29H2,1H3,(H,30,35). The summed E-state index contributed by atoms with van der Waals surface area (Å²) in [6.07, 6.45) is 3.05. The minimum Gasteiger partial charge on any atom is -0.399 e. The van der Waals surface area contributed by atoms with Gasteiger partial charge in [-0.3, -0.25) is 24.1 Å². The molecule has 0 aliphatic carbocycles. The first-order valence-electron chi connectivity index (χ1n) is 11.6. The van der Waals surface area contributed by atoms with Crippen molar-refractivity contribution in [1.82, 2.24) is 10.2 Å². The van der Waals surface area contributed by atoms with Gasteiger partial charge in [-0.2, -0.15) is 0 Å². The monoisotopic (exact) mass is 506 g/mol. The average Bonchev–Trinajstić information content (AvgIpc) is 3.07. The number of Topliss-reactive ketones (excluding diaryl/α,β-unsaturated/α-hetero) is 1. The van der Waals surface area contributed by atoms with Gasteiger partial charge in [-0.05, 0) is 67.1 Å². The number of amides is 3. The second kappa shape index (κ2) is 10.4. The number of hydrogen-bond donors (Lipinski definition) is 3. The Morgan fingerprint density at radius 3 is 2.69 bits per heavy atom. The Morgan fingerprint density at radius 2 is 1.97 bits per heavy atom. The van der Waals surface area contributed by atoms with Gasteiger partial charge in [-0.1, -0.05) is 30.3 Å². The Hall–Kier alpha value is -3.91. The first kappa shape index (κ1) is 25.2. The number of allylic oxidation sites excluding steroid dienone is 1. The van der Waals surface area contributed by atoms with E-state index >= 15 is 0 Å². The Kier molecular flexibility index (Phi) is 7.26. The Labute approximate surface area is 214 Å². The van der Waals surface area contributed by atoms with Crippen molar-refractivity contribution in [2.45, 2.75) is 45.1 Å². The lowest BCUT2D eigenvalue weighted by Gasteiger charge is -2.29. The molecule has 2 aromatic carbocycles. The topological polar surface area (TPSA) is 122 Å². The number of hydrogen-bond acceptors (Lipinski definition) is 6. The van der Waals surface area contributed by atoms with Crippen LogP contribution in [0, 0.1) is 6.92 Å². The lowest BCUT2D eigenvalue weighted by molar-refractivity contribution is -0.146. The zero-order valence-corrected chi connectivity index (χ0v) is 20.7. The van der Waals surface area contributed by atoms with Gasteiger partial charge in [0, 0.05) is 41.0 Å². The van der Waals surface area contributed by atoms with Crippen LogP contribution in [0.4, 0.5) is 11.4 Å². The second-order valence-electron chi connectivity index (χ2n) is 9.11. The van der Waals surface area contributed by atoms with Crippen LogP contribution in [0.2, 0.25) is 5.02 Å². The fourth-order valence-corrected chi connectivity index (χ4v) is 4.52. The third-order valence-corrected chi connectivity index (χ3v) is 6.62. The maximum Gasteiger partial charge on any atom is 0.278 e. The smallest absolute Gasteiger partial charge is 0.278 e. The van der Waals surface area contributed by atoms with E-state index in [2.05, 4.69) is 17.2 Å². The molecule has 0 radical (unpaired) electrons. The number of nitrogens with two attached hydrogens (primary N) is 1. The molecule has 1 unspecified atom stereocenters. The number of carbonyl (C=O) groups is 4. The Morgan fingerprint density at radius 1 is 1.19 bits per heavy atom. The zero-order valence-electron chi connectivity index (χ0n) is 19.9. The zero-order chi connectivity index (χ0) is 26.0. The predicted molar refractivity (Wildman–Crippen MR) is 138 cm³/mol. The molecule has 36 heavy (non-hydrogen) atoms. The number of nitrogens with one attached hydrogen (secondary N) is 2. The number of halogens is 1. The molecule has 1 fully saturated rings. The van der Waals surface area contributed by atoms with Crippen molar-refractivity contribution >= 4 is 46.5 Å². The lowest BCUT2D eigenvalue weighted by Crippen LogP contribution is -2.52. The number of imide groups is 1. The van der Waals surface area contributed by atoms with E-state index < -0.39 is 23.8 Å². The highest BCUT2D eigenvalue weighted by molar-refractivity contribution is 6.31. The van der Waals surface area contributed by atoms with Crippen molar-refractivity contribution in [3.05, 3.63) is 82.2 Å². The van der Waals surface area contributed by atoms with Gasteiger partial charge in [0.2, 0.25) is 5.91 Å². The molecule has 9 heteroatoms. The summed E-state index contributed by atoms with van der Waals surface area (Å²) in [5, 5.41) is 6.18. The summed E-state index contributed by atoms with van der Waals surface area (Å²) in [6.45, 7) is 5.63. The molecule has 0 spiro atoms. The molecule has 3 amide bonds. The SMILES string of the molecule is C=C1CCC(N2C(=O)C=C(Nc3cc(N)cc(CCC(=O)Cc4ccc(C)c(Cl)c4)c3)C2=O)C(=O)N1. The van der Waals surface area contributed by atoms with Gasteiger partial charge in [0.05, 0.1) is 0 Å². The van der Waals surface area contributed by atoms with Crippen molar-refractivity contribution in [2.24, 2.45) is 0 Å². The molecule has 2 heterocycles. The van der Waals surface area contributed by atoms with Gasteiger partial charge < -0.3 is 16.4 Å². The van der Waals surface area contributed by atoms with Crippen LogP contribution in [0.25, 0.3) is 0 Å². The molecular weight excluding hydrogens is 480 g/mol. The molecular formula is C27H27ClN4O4. The van der Waals surface area contributed by atoms with Crippen LogP contribution in [-0.2, 0) is 32.0 Å². The number of ketones is 1. The fourth-order valence-electron chi connectivity index (χ4n) is 4.31. The predicted octanol–water partition coefficient (Wildman–Crippen LogP) is 3.43. The average molecular weight is 507 g/mol. The fraction of sp³-hybridized carbons (Fsp3) is 0.259. The van der Waals surface area contributed by atoms with Crippen molar-refractivity contribution in [1.29, 1.82) is 0 Å². The Balaban J connectivity index is 1.39. The molecule has 8 nitrogen and oxygen atoms in total. The molecule has 2 aliphatic rings. The van der Waals surface area contributed by atoms with E-state index in [4.69, 9.17) is 17.3 Å². The van der Waals surface area contributed by atoms with Gasteiger partial charge in [0.25, 0.3) is 11.8 Å². The summed E-state index contributed by atoms with van der Waals surface area (Å²) >= 11 is 6.15. The third-order valence-electron chi connectivity index (χ3n) is 6.21. The number of rotatable bonds is 8. The molecule has 1 saturated heterocycles. The van der Waals surface area contributed by atoms with Gasteiger partial charge in [-0.25, -0.2) is 0 Å². The molecule has 4 rings (SSSR count). The van der Waals surface area contributed by atoms with Crippen LogP contribution < -0.4 is 16.4 Å². The van der Waals surface area contributed by atoms with E-state index in [1.54, 1.807) is 18.2 Å². The molecule has 2 aromatic rings. The highest BCUT2D eigenvalue weighted by Gasteiger charge is 2.41. The third kappa shape index (κ3) is 5.66. The number of carbonyl (C=O) groups excluding carboxylic acids is 4. The largest absolute Gasteiger partial charge is 0.399 e. The number of benzene rings is 2. The van der Waals surface area contributed by atoms with Crippen molar-refractivity contribution < 1.29 is 19.2 Å². The molecule has 4 N–H and O–H groups in total. The summed E-state index contributed by atoms with van der Waals surface area (Å²) in [6, 6.07) is 9.90. The van der Waals surface area contributed by atoms with Crippen molar-refractivity contribution in [3.8, 4) is 0 Å². The minimum atomic E-state index is -0.878. The maximum absolute atomic E-state index is 12.9. The van der Waals surface area contributed by atoms with Crippen LogP contribution >= 0.6 is 11.6 Å². The normalized spacial score (nSPS) is 17.8. The molecule has 186 valence electrons. The molecule has 0 aromatic heterocycles. The van der Waals surface area contributed by atoms with Gasteiger partial charge in [0.1, 0.15) is 17.5 Å². The molecule has 0 bridgehead atoms. The number of anilines is 2. The number of aryl methyl sites for hydroxylation is 2. The van der Waals surface area contributed by atoms with Crippen LogP contribution in [0.3, 0.4) is 0 Å². The van der Waals surface area contributed by atoms with Gasteiger partial charge in [-0.15, -0.1) is 0 Å². The van der Waals surface area contributed by atoms with Gasteiger partial charge >= 0.3 is 0 Å². The highest BCUT2D eigenvalue weighted by Crippen LogP contribution is 2.26. The van der Waals surface area contributed by atoms with E-state index in [1.807, 2.05) is 25.1 Å². The number of nitrogens with zero attached hydrogens (tertiary/aromatic N) is 1. The highest BCUT2D eigenvalue weighted by atomic mass is 35.5. The van der Waals surface area contributed by atoms with E-state index in [9.17, 15) is 19.2 Å². The maximum atomic E-state index is 12.9. The lowest BCUT2D eigenvalue weighted by atomic mass is 10.0. The minimum absolute atomic E-state index is 0.0566. The first-order chi connectivity index (χ1) is 17.1. The summed E-state index contributed by atoms with van der Waals surface area (Å²) in [5.74, 6) is -1.49. The van der Waals surface area contributed by atoms with Crippen LogP contribution in [0.15, 0.2) is 60.4 Å². The molecule has 0 saturated carbocycles. The van der Waals surface area contributed by atoms with Crippen LogP contribution in [0.5, 0.6) is 0 Å². The van der Waals surface area contributed by atoms with E-state index in [0.717, 1.165) is 21.6 Å². The van der Waals surface area contributed by atoms with Gasteiger partial charge in [0.15, 0.2) is 0 Å². The van der Waals surface area contributed by atoms with E-state index in [0.29, 0.717) is 47.8 Å². The molecule has 1 atom stereocenters. The summed E-state index contributed by atoms with van der Waals surface area (Å²) in [5.41, 5.74) is 10.3. The van der Waals surface area contributed by atoms with Crippen LogP contribution in [-0.4, -0.2) is 34.4 Å². The number of piperidine rings is 1. The van der Waals surface area contributed by atoms with E-state index in [-0.39, 0.29) is 17.9 Å². The second-order valence-corrected chi connectivity index (χ2v) is 9.51. The quantitative estimate of drug-likeness (QED) is 0.372.